The molecule has 1 fully saturated rings. The number of benzene rings is 1. The Balaban J connectivity index is 1.96. The van der Waals surface area contributed by atoms with E-state index in [9.17, 15) is 4.39 Å². The lowest BCUT2D eigenvalue weighted by Crippen LogP contribution is -2.43. The van der Waals surface area contributed by atoms with Gasteiger partial charge in [-0.3, -0.25) is 4.90 Å². The minimum atomic E-state index is -0.334. The summed E-state index contributed by atoms with van der Waals surface area (Å²) in [6.07, 6.45) is 2.42. The Labute approximate surface area is 107 Å². The molecular weight excluding hydrogens is 239 g/mol. The molecule has 0 aliphatic carbocycles. The van der Waals surface area contributed by atoms with Crippen LogP contribution in [0.25, 0.3) is 0 Å². The molecule has 0 bridgehead atoms. The lowest BCUT2D eigenvalue weighted by atomic mass is 10.1. The highest BCUT2D eigenvalue weighted by molar-refractivity contribution is 6.30. The first-order valence-electron chi connectivity index (χ1n) is 6.01. The molecule has 1 N–H and O–H groups in total. The van der Waals surface area contributed by atoms with Gasteiger partial charge in [-0.25, -0.2) is 4.39 Å². The van der Waals surface area contributed by atoms with Gasteiger partial charge in [-0.15, -0.1) is 0 Å². The Morgan fingerprint density at radius 1 is 1.53 bits per heavy atom. The first-order chi connectivity index (χ1) is 8.16. The van der Waals surface area contributed by atoms with Crippen molar-refractivity contribution in [3.8, 4) is 0 Å². The van der Waals surface area contributed by atoms with Crippen LogP contribution in [-0.4, -0.2) is 31.1 Å². The number of nitrogens with one attached hydrogen (secondary N) is 1. The summed E-state index contributed by atoms with van der Waals surface area (Å²) < 4.78 is 13.3. The van der Waals surface area contributed by atoms with Gasteiger partial charge in [0.05, 0.1) is 5.02 Å². The molecule has 1 saturated heterocycles. The van der Waals surface area contributed by atoms with Gasteiger partial charge in [-0.1, -0.05) is 17.7 Å². The Hall–Kier alpha value is -0.640. The van der Waals surface area contributed by atoms with Gasteiger partial charge in [0.2, 0.25) is 0 Å². The van der Waals surface area contributed by atoms with E-state index in [-0.39, 0.29) is 10.8 Å². The van der Waals surface area contributed by atoms with Crippen molar-refractivity contribution in [1.29, 1.82) is 0 Å². The standard InChI is InChI=1S/C13H18ClFN2/c1-17(11-3-2-6-16-8-11)9-10-4-5-12(14)13(15)7-10/h4-5,7,11,16H,2-3,6,8-9H2,1H3. The van der Waals surface area contributed by atoms with Crippen LogP contribution in [0.3, 0.4) is 0 Å². The van der Waals surface area contributed by atoms with Crippen molar-refractivity contribution in [2.24, 2.45) is 0 Å². The predicted molar refractivity (Wildman–Crippen MR) is 68.8 cm³/mol. The number of likely N-dealkylation sites (N-methyl/N-ethyl adjacent to an activating group) is 1. The number of halogens is 2. The fourth-order valence-electron chi connectivity index (χ4n) is 2.26. The summed E-state index contributed by atoms with van der Waals surface area (Å²) in [5, 5.41) is 3.58. The Bertz CT molecular complexity index is 378. The number of hydrogen-bond acceptors (Lipinski definition) is 2. The van der Waals surface area contributed by atoms with E-state index >= 15 is 0 Å². The van der Waals surface area contributed by atoms with Crippen LogP contribution in [0.4, 0.5) is 4.39 Å². The van der Waals surface area contributed by atoms with Gasteiger partial charge < -0.3 is 5.32 Å². The maximum atomic E-state index is 13.3. The third-order valence-corrected chi connectivity index (χ3v) is 3.62. The molecule has 0 amide bonds. The van der Waals surface area contributed by atoms with Gasteiger partial charge >= 0.3 is 0 Å². The summed E-state index contributed by atoms with van der Waals surface area (Å²) in [5.41, 5.74) is 0.972. The number of nitrogens with zero attached hydrogens (tertiary/aromatic N) is 1. The van der Waals surface area contributed by atoms with Crippen LogP contribution < -0.4 is 5.32 Å². The SMILES string of the molecule is CN(Cc1ccc(Cl)c(F)c1)C1CCCNC1. The lowest BCUT2D eigenvalue weighted by Gasteiger charge is -2.31. The molecule has 0 saturated carbocycles. The zero-order chi connectivity index (χ0) is 12.3. The first-order valence-corrected chi connectivity index (χ1v) is 6.39. The van der Waals surface area contributed by atoms with Gasteiger partial charge in [0.15, 0.2) is 0 Å². The molecule has 2 nitrogen and oxygen atoms in total. The smallest absolute Gasteiger partial charge is 0.142 e. The van der Waals surface area contributed by atoms with E-state index in [1.807, 2.05) is 6.07 Å². The summed E-state index contributed by atoms with van der Waals surface area (Å²) in [7, 11) is 2.09. The van der Waals surface area contributed by atoms with E-state index < -0.39 is 0 Å². The zero-order valence-electron chi connectivity index (χ0n) is 10.0. The fourth-order valence-corrected chi connectivity index (χ4v) is 2.38. The average molecular weight is 257 g/mol. The summed E-state index contributed by atoms with van der Waals surface area (Å²) in [4.78, 5) is 2.27. The van der Waals surface area contributed by atoms with E-state index in [1.54, 1.807) is 6.07 Å². The third kappa shape index (κ3) is 3.41. The van der Waals surface area contributed by atoms with E-state index in [1.165, 1.54) is 18.9 Å². The Kier molecular flexibility index (Phi) is 4.37. The predicted octanol–water partition coefficient (Wildman–Crippen LogP) is 2.66. The second kappa shape index (κ2) is 5.80. The van der Waals surface area contributed by atoms with Crippen molar-refractivity contribution in [3.63, 3.8) is 0 Å². The lowest BCUT2D eigenvalue weighted by molar-refractivity contribution is 0.195. The highest BCUT2D eigenvalue weighted by Crippen LogP contribution is 2.18. The van der Waals surface area contributed by atoms with Crippen molar-refractivity contribution in [2.75, 3.05) is 20.1 Å². The minimum absolute atomic E-state index is 0.190. The molecule has 1 aliphatic heterocycles. The molecule has 1 heterocycles. The first kappa shape index (κ1) is 12.8. The molecule has 94 valence electrons. The molecule has 4 heteroatoms. The molecule has 1 aromatic rings. The molecule has 0 spiro atoms. The molecule has 2 rings (SSSR count). The second-order valence-electron chi connectivity index (χ2n) is 4.66. The highest BCUT2D eigenvalue weighted by atomic mass is 35.5. The Morgan fingerprint density at radius 2 is 2.35 bits per heavy atom. The summed E-state index contributed by atoms with van der Waals surface area (Å²) in [6.45, 7) is 2.90. The molecule has 1 aromatic carbocycles. The van der Waals surface area contributed by atoms with E-state index in [2.05, 4.69) is 17.3 Å². The summed E-state index contributed by atoms with van der Waals surface area (Å²) >= 11 is 5.67. The van der Waals surface area contributed by atoms with Crippen LogP contribution >= 0.6 is 11.6 Å². The van der Waals surface area contributed by atoms with Gasteiger partial charge in [0.1, 0.15) is 5.82 Å². The van der Waals surface area contributed by atoms with Crippen LogP contribution in [-0.2, 0) is 6.54 Å². The van der Waals surface area contributed by atoms with Crippen LogP contribution in [0.15, 0.2) is 18.2 Å². The molecule has 1 atom stereocenters. The third-order valence-electron chi connectivity index (χ3n) is 3.31. The van der Waals surface area contributed by atoms with Crippen molar-refractivity contribution in [1.82, 2.24) is 10.2 Å². The van der Waals surface area contributed by atoms with Crippen LogP contribution in [0.2, 0.25) is 5.02 Å². The number of hydrogen-bond donors (Lipinski definition) is 1. The molecule has 0 radical (unpaired) electrons. The number of piperidine rings is 1. The highest BCUT2D eigenvalue weighted by Gasteiger charge is 2.17. The quantitative estimate of drug-likeness (QED) is 0.895. The van der Waals surface area contributed by atoms with Gasteiger partial charge in [0, 0.05) is 19.1 Å². The molecule has 1 unspecified atom stereocenters. The summed E-state index contributed by atoms with van der Waals surface area (Å²) in [6, 6.07) is 5.58. The largest absolute Gasteiger partial charge is 0.315 e. The molecule has 17 heavy (non-hydrogen) atoms. The van der Waals surface area contributed by atoms with Gasteiger partial charge in [-0.2, -0.15) is 0 Å². The minimum Gasteiger partial charge on any atom is -0.315 e. The monoisotopic (exact) mass is 256 g/mol. The fraction of sp³-hybridized carbons (Fsp3) is 0.538. The van der Waals surface area contributed by atoms with E-state index in [0.717, 1.165) is 25.2 Å². The zero-order valence-corrected chi connectivity index (χ0v) is 10.8. The second-order valence-corrected chi connectivity index (χ2v) is 5.07. The van der Waals surface area contributed by atoms with Crippen LogP contribution in [0, 0.1) is 5.82 Å². The van der Waals surface area contributed by atoms with Gasteiger partial charge in [-0.05, 0) is 44.1 Å². The topological polar surface area (TPSA) is 15.3 Å². The van der Waals surface area contributed by atoms with Crippen molar-refractivity contribution >= 4 is 11.6 Å². The average Bonchev–Trinajstić information content (AvgIpc) is 2.35. The number of rotatable bonds is 3. The Morgan fingerprint density at radius 3 is 3.00 bits per heavy atom. The van der Waals surface area contributed by atoms with Crippen molar-refractivity contribution < 1.29 is 4.39 Å². The molecule has 1 aliphatic rings. The van der Waals surface area contributed by atoms with Gasteiger partial charge in [0.25, 0.3) is 0 Å². The molecular formula is C13H18ClFN2. The normalized spacial score (nSPS) is 20.8. The summed E-state index contributed by atoms with van der Waals surface area (Å²) in [5.74, 6) is -0.334. The maximum absolute atomic E-state index is 13.3. The van der Waals surface area contributed by atoms with Crippen LogP contribution in [0.5, 0.6) is 0 Å². The van der Waals surface area contributed by atoms with Crippen molar-refractivity contribution in [3.05, 3.63) is 34.6 Å². The van der Waals surface area contributed by atoms with E-state index in [0.29, 0.717) is 6.04 Å². The van der Waals surface area contributed by atoms with E-state index in [4.69, 9.17) is 11.6 Å². The van der Waals surface area contributed by atoms with Crippen LogP contribution in [0.1, 0.15) is 18.4 Å². The van der Waals surface area contributed by atoms with Crippen molar-refractivity contribution in [2.45, 2.75) is 25.4 Å². The molecule has 0 aromatic heterocycles. The maximum Gasteiger partial charge on any atom is 0.142 e.